The zero-order chi connectivity index (χ0) is 37.1. The van der Waals surface area contributed by atoms with Crippen molar-refractivity contribution in [2.45, 2.75) is 0 Å². The van der Waals surface area contributed by atoms with Crippen LogP contribution in [0.2, 0.25) is 0 Å². The Labute approximate surface area is 323 Å². The van der Waals surface area contributed by atoms with Gasteiger partial charge in [0.25, 0.3) is 0 Å². The molecule has 11 aromatic rings. The standard InChI is InChI=1S/C52H33BN2O/c1-54-45-25-9-7-18-37(45)43-30-44-38-19-8-10-26-46(38)55(49(44)31-48(43)54)47-27-13-23-41-40-22-12-21-39(50(40)53(51(41)47)33-15-3-2-4-16-33)35-20-11-24-42-36(35)29-28-32-14-5-6-17-34(32)52(42)56/h2-31H,1H3. The second-order valence-corrected chi connectivity index (χ2v) is 15.2. The summed E-state index contributed by atoms with van der Waals surface area (Å²) in [5.74, 6) is 0. The van der Waals surface area contributed by atoms with Crippen molar-refractivity contribution in [2.24, 2.45) is 7.05 Å². The number of rotatable bonds is 3. The first-order valence-corrected chi connectivity index (χ1v) is 19.3. The second kappa shape index (κ2) is 11.7. The van der Waals surface area contributed by atoms with Crippen molar-refractivity contribution in [1.82, 2.24) is 9.13 Å². The molecule has 3 heterocycles. The summed E-state index contributed by atoms with van der Waals surface area (Å²) in [6.45, 7) is -0.0512. The van der Waals surface area contributed by atoms with E-state index in [0.29, 0.717) is 0 Å². The van der Waals surface area contributed by atoms with Crippen LogP contribution in [0.15, 0.2) is 187 Å². The van der Waals surface area contributed by atoms with Crippen molar-refractivity contribution < 1.29 is 0 Å². The monoisotopic (exact) mass is 712 g/mol. The van der Waals surface area contributed by atoms with E-state index in [4.69, 9.17) is 0 Å². The lowest BCUT2D eigenvalue weighted by molar-refractivity contribution is 1.01. The maximum Gasteiger partial charge on any atom is 0.246 e. The lowest BCUT2D eigenvalue weighted by Crippen LogP contribution is -2.50. The quantitative estimate of drug-likeness (QED) is 0.168. The van der Waals surface area contributed by atoms with Gasteiger partial charge in [-0.1, -0.05) is 163 Å². The SMILES string of the molecule is Cn1c2ccccc2c2cc3c4ccccc4n(-c4cccc5c4B(c4ccccc4)c4c-5cccc4-c4cccc5c(=O)c6ccccc6ccc45)c3cc21. The number of aromatic nitrogens is 2. The predicted octanol–water partition coefficient (Wildman–Crippen LogP) is 10.3. The number of aryl methyl sites for hydroxylation is 1. The molecule has 56 heavy (non-hydrogen) atoms. The van der Waals surface area contributed by atoms with Crippen molar-refractivity contribution in [3.63, 3.8) is 0 Å². The topological polar surface area (TPSA) is 26.9 Å². The van der Waals surface area contributed by atoms with E-state index in [1.165, 1.54) is 76.8 Å². The highest BCUT2D eigenvalue weighted by Crippen LogP contribution is 2.40. The number of hydrogen-bond donors (Lipinski definition) is 0. The minimum Gasteiger partial charge on any atom is -0.344 e. The van der Waals surface area contributed by atoms with Gasteiger partial charge in [0, 0.05) is 50.6 Å². The fourth-order valence-corrected chi connectivity index (χ4v) is 9.98. The van der Waals surface area contributed by atoms with Crippen molar-refractivity contribution in [3.05, 3.63) is 192 Å². The summed E-state index contributed by atoms with van der Waals surface area (Å²) < 4.78 is 4.84. The average molecular weight is 713 g/mol. The van der Waals surface area contributed by atoms with E-state index < -0.39 is 0 Å². The Morgan fingerprint density at radius 2 is 0.982 bits per heavy atom. The third-order valence-electron chi connectivity index (χ3n) is 12.4. The fourth-order valence-electron chi connectivity index (χ4n) is 9.98. The first-order chi connectivity index (χ1) is 27.7. The molecule has 2 aromatic heterocycles. The van der Waals surface area contributed by atoms with Crippen LogP contribution in [0.4, 0.5) is 0 Å². The summed E-state index contributed by atoms with van der Waals surface area (Å²) >= 11 is 0. The largest absolute Gasteiger partial charge is 0.344 e. The molecule has 0 saturated heterocycles. The lowest BCUT2D eigenvalue weighted by atomic mass is 9.37. The van der Waals surface area contributed by atoms with E-state index in [9.17, 15) is 4.79 Å². The first-order valence-electron chi connectivity index (χ1n) is 19.3. The van der Waals surface area contributed by atoms with Crippen LogP contribution in [-0.4, -0.2) is 15.8 Å². The van der Waals surface area contributed by atoms with Crippen molar-refractivity contribution in [3.8, 4) is 27.9 Å². The van der Waals surface area contributed by atoms with E-state index in [1.807, 2.05) is 36.4 Å². The molecule has 0 N–H and O–H groups in total. The summed E-state index contributed by atoms with van der Waals surface area (Å²) in [6, 6.07) is 65.3. The van der Waals surface area contributed by atoms with Gasteiger partial charge < -0.3 is 9.13 Å². The van der Waals surface area contributed by atoms with Crippen LogP contribution in [-0.2, 0) is 7.05 Å². The molecule has 1 aliphatic rings. The molecule has 12 rings (SSSR count). The van der Waals surface area contributed by atoms with Gasteiger partial charge in [-0.2, -0.15) is 0 Å². The minimum atomic E-state index is -0.0512. The molecule has 9 aromatic carbocycles. The predicted molar refractivity (Wildman–Crippen MR) is 238 cm³/mol. The smallest absolute Gasteiger partial charge is 0.246 e. The van der Waals surface area contributed by atoms with Gasteiger partial charge in [-0.15, -0.1) is 0 Å². The molecule has 260 valence electrons. The molecule has 0 unspecified atom stereocenters. The zero-order valence-corrected chi connectivity index (χ0v) is 30.7. The molecular formula is C52H33BN2O. The van der Waals surface area contributed by atoms with Crippen LogP contribution < -0.4 is 21.8 Å². The molecule has 0 bridgehead atoms. The Bertz CT molecular complexity index is 3520. The average Bonchev–Trinajstić information content (AvgIpc) is 3.83. The van der Waals surface area contributed by atoms with Gasteiger partial charge in [-0.3, -0.25) is 4.79 Å². The highest BCUT2D eigenvalue weighted by molar-refractivity contribution is 7.00. The molecule has 0 radical (unpaired) electrons. The summed E-state index contributed by atoms with van der Waals surface area (Å²) in [4.78, 5) is 14.1. The van der Waals surface area contributed by atoms with Crippen molar-refractivity contribution >= 4 is 88.3 Å². The molecule has 0 saturated carbocycles. The molecule has 0 fully saturated rings. The molecule has 4 heteroatoms. The third kappa shape index (κ3) is 4.21. The van der Waals surface area contributed by atoms with Gasteiger partial charge in [0.2, 0.25) is 6.71 Å². The molecule has 0 aliphatic carbocycles. The van der Waals surface area contributed by atoms with Gasteiger partial charge in [-0.05, 0) is 68.8 Å². The Morgan fingerprint density at radius 3 is 1.80 bits per heavy atom. The van der Waals surface area contributed by atoms with E-state index in [-0.39, 0.29) is 12.1 Å². The Kier molecular flexibility index (Phi) is 6.50. The van der Waals surface area contributed by atoms with Gasteiger partial charge in [0.15, 0.2) is 5.43 Å². The van der Waals surface area contributed by atoms with Crippen molar-refractivity contribution in [2.75, 3.05) is 0 Å². The molecule has 0 amide bonds. The van der Waals surface area contributed by atoms with Crippen LogP contribution in [0.5, 0.6) is 0 Å². The van der Waals surface area contributed by atoms with Gasteiger partial charge in [-0.25, -0.2) is 0 Å². The van der Waals surface area contributed by atoms with Crippen LogP contribution in [0.25, 0.3) is 93.1 Å². The maximum atomic E-state index is 14.1. The molecule has 0 spiro atoms. The highest BCUT2D eigenvalue weighted by atomic mass is 16.1. The number of para-hydroxylation sites is 2. The molecular weight excluding hydrogens is 679 g/mol. The Hall–Kier alpha value is -7.17. The van der Waals surface area contributed by atoms with E-state index in [0.717, 1.165) is 32.7 Å². The summed E-state index contributed by atoms with van der Waals surface area (Å²) in [7, 11) is 2.18. The third-order valence-corrected chi connectivity index (χ3v) is 12.4. The van der Waals surface area contributed by atoms with Crippen LogP contribution in [0.1, 0.15) is 0 Å². The van der Waals surface area contributed by atoms with E-state index in [1.54, 1.807) is 0 Å². The summed E-state index contributed by atoms with van der Waals surface area (Å²) in [5, 5.41) is 8.42. The number of benzene rings is 8. The van der Waals surface area contributed by atoms with Crippen LogP contribution in [0.3, 0.4) is 0 Å². The Balaban J connectivity index is 1.17. The second-order valence-electron chi connectivity index (χ2n) is 15.2. The lowest BCUT2D eigenvalue weighted by Gasteiger charge is -2.19. The number of hydrogen-bond acceptors (Lipinski definition) is 1. The first kappa shape index (κ1) is 31.2. The van der Waals surface area contributed by atoms with Gasteiger partial charge >= 0.3 is 0 Å². The van der Waals surface area contributed by atoms with Gasteiger partial charge in [0.05, 0.1) is 16.6 Å². The zero-order valence-electron chi connectivity index (χ0n) is 30.7. The maximum absolute atomic E-state index is 14.1. The van der Waals surface area contributed by atoms with Crippen LogP contribution in [0, 0.1) is 0 Å². The number of fused-ring (bicyclic) bond motifs is 11. The molecule has 0 atom stereocenters. The normalized spacial score (nSPS) is 12.4. The fraction of sp³-hybridized carbons (Fsp3) is 0.0192. The van der Waals surface area contributed by atoms with E-state index >= 15 is 0 Å². The molecule has 1 aliphatic heterocycles. The summed E-state index contributed by atoms with van der Waals surface area (Å²) in [6.07, 6.45) is 0. The van der Waals surface area contributed by atoms with Crippen molar-refractivity contribution in [1.29, 1.82) is 0 Å². The van der Waals surface area contributed by atoms with Crippen LogP contribution >= 0.6 is 0 Å². The van der Waals surface area contributed by atoms with E-state index in [2.05, 4.69) is 162 Å². The minimum absolute atomic E-state index is 0.0512. The van der Waals surface area contributed by atoms with Gasteiger partial charge in [0.1, 0.15) is 0 Å². The molecule has 3 nitrogen and oxygen atoms in total. The number of nitrogens with zero attached hydrogens (tertiary/aromatic N) is 2. The highest BCUT2D eigenvalue weighted by Gasteiger charge is 2.38. The summed E-state index contributed by atoms with van der Waals surface area (Å²) in [5.41, 5.74) is 14.6. The Morgan fingerprint density at radius 1 is 0.393 bits per heavy atom.